The monoisotopic (exact) mass is 273 g/mol. The second-order valence-electron chi connectivity index (χ2n) is 4.73. The van der Waals surface area contributed by atoms with Crippen molar-refractivity contribution in [1.82, 2.24) is 15.1 Å². The normalized spacial score (nSPS) is 13.8. The van der Waals surface area contributed by atoms with Gasteiger partial charge in [-0.05, 0) is 26.3 Å². The first-order valence-corrected chi connectivity index (χ1v) is 8.30. The summed E-state index contributed by atoms with van der Waals surface area (Å²) in [4.78, 5) is 0. The summed E-state index contributed by atoms with van der Waals surface area (Å²) in [5.41, 5.74) is 2.17. The summed E-state index contributed by atoms with van der Waals surface area (Å²) in [6.07, 6.45) is 4.71. The van der Waals surface area contributed by atoms with Crippen LogP contribution in [0, 0.1) is 6.92 Å². The first kappa shape index (κ1) is 15.2. The van der Waals surface area contributed by atoms with Crippen LogP contribution >= 0.6 is 0 Å². The van der Waals surface area contributed by atoms with Gasteiger partial charge in [-0.1, -0.05) is 6.92 Å². The van der Waals surface area contributed by atoms with Gasteiger partial charge in [0.1, 0.15) is 9.84 Å². The minimum atomic E-state index is -2.93. The van der Waals surface area contributed by atoms with E-state index < -0.39 is 9.84 Å². The second-order valence-corrected chi connectivity index (χ2v) is 6.99. The lowest BCUT2D eigenvalue weighted by atomic mass is 10.1. The van der Waals surface area contributed by atoms with Gasteiger partial charge in [-0.3, -0.25) is 4.68 Å². The van der Waals surface area contributed by atoms with Crippen molar-refractivity contribution in [2.24, 2.45) is 7.05 Å². The molecule has 0 aliphatic rings. The Morgan fingerprint density at radius 2 is 2.17 bits per heavy atom. The maximum absolute atomic E-state index is 11.3. The number of aryl methyl sites for hydroxylation is 1. The van der Waals surface area contributed by atoms with Crippen molar-refractivity contribution in [3.8, 4) is 0 Å². The van der Waals surface area contributed by atoms with Crippen LogP contribution in [-0.4, -0.2) is 36.8 Å². The molecule has 18 heavy (non-hydrogen) atoms. The van der Waals surface area contributed by atoms with Gasteiger partial charge >= 0.3 is 0 Å². The predicted molar refractivity (Wildman–Crippen MR) is 73.3 cm³/mol. The average Bonchev–Trinajstić information content (AvgIpc) is 2.59. The topological polar surface area (TPSA) is 64.0 Å². The fraction of sp³-hybridized carbons (Fsp3) is 0.750. The zero-order valence-electron chi connectivity index (χ0n) is 11.6. The van der Waals surface area contributed by atoms with Crippen LogP contribution in [0.5, 0.6) is 0 Å². The molecule has 6 heteroatoms. The molecule has 0 aliphatic carbocycles. The maximum Gasteiger partial charge on any atom is 0.147 e. The predicted octanol–water partition coefficient (Wildman–Crippen LogP) is 1.20. The van der Waals surface area contributed by atoms with Crippen molar-refractivity contribution >= 4 is 9.84 Å². The van der Waals surface area contributed by atoms with E-state index in [-0.39, 0.29) is 11.8 Å². The maximum atomic E-state index is 11.3. The van der Waals surface area contributed by atoms with E-state index in [9.17, 15) is 8.42 Å². The molecule has 0 bridgehead atoms. The number of hydrogen-bond donors (Lipinski definition) is 1. The summed E-state index contributed by atoms with van der Waals surface area (Å²) in [7, 11) is -1.03. The summed E-state index contributed by atoms with van der Waals surface area (Å²) in [5.74, 6) is 0.197. The molecule has 5 nitrogen and oxygen atoms in total. The molecular formula is C12H23N3O2S. The molecule has 104 valence electrons. The van der Waals surface area contributed by atoms with E-state index in [2.05, 4.69) is 17.3 Å². The SMILES string of the molecule is CCCNC(CCS(C)(=O)=O)c1cnn(C)c1C. The van der Waals surface area contributed by atoms with Gasteiger partial charge in [-0.15, -0.1) is 0 Å². The minimum Gasteiger partial charge on any atom is -0.310 e. The lowest BCUT2D eigenvalue weighted by molar-refractivity contribution is 0.511. The van der Waals surface area contributed by atoms with Crippen LogP contribution in [0.25, 0.3) is 0 Å². The Labute approximate surface area is 109 Å². The Hall–Kier alpha value is -0.880. The molecule has 0 amide bonds. The van der Waals surface area contributed by atoms with E-state index in [0.717, 1.165) is 24.2 Å². The molecule has 0 fully saturated rings. The highest BCUT2D eigenvalue weighted by molar-refractivity contribution is 7.90. The molecule has 1 heterocycles. The van der Waals surface area contributed by atoms with Crippen LogP contribution in [0.2, 0.25) is 0 Å². The Balaban J connectivity index is 2.81. The zero-order chi connectivity index (χ0) is 13.8. The van der Waals surface area contributed by atoms with E-state index in [1.54, 1.807) is 0 Å². The highest BCUT2D eigenvalue weighted by Gasteiger charge is 2.17. The number of rotatable bonds is 7. The first-order valence-electron chi connectivity index (χ1n) is 6.24. The van der Waals surface area contributed by atoms with Crippen molar-refractivity contribution in [3.63, 3.8) is 0 Å². The van der Waals surface area contributed by atoms with E-state index in [0.29, 0.717) is 6.42 Å². The standard InChI is InChI=1S/C12H23N3O2S/c1-5-7-13-12(6-8-18(4,16)17)11-9-14-15(3)10(11)2/h9,12-13H,5-8H2,1-4H3. The third-order valence-electron chi connectivity index (χ3n) is 3.07. The van der Waals surface area contributed by atoms with Gasteiger partial charge in [0.15, 0.2) is 0 Å². The minimum absolute atomic E-state index is 0.0633. The number of nitrogens with one attached hydrogen (secondary N) is 1. The molecule has 1 aromatic rings. The lowest BCUT2D eigenvalue weighted by Crippen LogP contribution is -2.25. The molecule has 1 rings (SSSR count). The Morgan fingerprint density at radius 1 is 1.50 bits per heavy atom. The van der Waals surface area contributed by atoms with Crippen molar-refractivity contribution in [3.05, 3.63) is 17.5 Å². The smallest absolute Gasteiger partial charge is 0.147 e. The molecule has 1 atom stereocenters. The van der Waals surface area contributed by atoms with Gasteiger partial charge in [0, 0.05) is 30.6 Å². The van der Waals surface area contributed by atoms with Gasteiger partial charge < -0.3 is 5.32 Å². The Bertz CT molecular complexity index is 480. The molecule has 1 aromatic heterocycles. The van der Waals surface area contributed by atoms with Gasteiger partial charge in [-0.2, -0.15) is 5.10 Å². The van der Waals surface area contributed by atoms with Gasteiger partial charge in [0.2, 0.25) is 0 Å². The molecule has 0 saturated heterocycles. The molecule has 0 aromatic carbocycles. The molecule has 0 aliphatic heterocycles. The van der Waals surface area contributed by atoms with E-state index in [1.807, 2.05) is 24.9 Å². The Kier molecular flexibility index (Phi) is 5.34. The van der Waals surface area contributed by atoms with Crippen LogP contribution < -0.4 is 5.32 Å². The summed E-state index contributed by atoms with van der Waals surface area (Å²) in [5, 5.41) is 7.61. The highest BCUT2D eigenvalue weighted by atomic mass is 32.2. The summed E-state index contributed by atoms with van der Waals surface area (Å²) in [6.45, 7) is 4.98. The van der Waals surface area contributed by atoms with Crippen LogP contribution in [0.1, 0.15) is 37.1 Å². The fourth-order valence-electron chi connectivity index (χ4n) is 1.88. The van der Waals surface area contributed by atoms with Crippen molar-refractivity contribution in [2.45, 2.75) is 32.7 Å². The number of aromatic nitrogens is 2. The molecule has 0 spiro atoms. The first-order chi connectivity index (χ1) is 8.35. The van der Waals surface area contributed by atoms with Crippen molar-refractivity contribution in [1.29, 1.82) is 0 Å². The third-order valence-corrected chi connectivity index (χ3v) is 4.04. The number of hydrogen-bond acceptors (Lipinski definition) is 4. The van der Waals surface area contributed by atoms with Crippen LogP contribution in [0.15, 0.2) is 6.20 Å². The van der Waals surface area contributed by atoms with E-state index in [1.165, 1.54) is 6.26 Å². The van der Waals surface area contributed by atoms with Crippen molar-refractivity contribution < 1.29 is 8.42 Å². The van der Waals surface area contributed by atoms with Crippen molar-refractivity contribution in [2.75, 3.05) is 18.6 Å². The fourth-order valence-corrected chi connectivity index (χ4v) is 2.54. The molecule has 1 unspecified atom stereocenters. The zero-order valence-corrected chi connectivity index (χ0v) is 12.4. The largest absolute Gasteiger partial charge is 0.310 e. The van der Waals surface area contributed by atoms with E-state index in [4.69, 9.17) is 0 Å². The lowest BCUT2D eigenvalue weighted by Gasteiger charge is -2.18. The Morgan fingerprint density at radius 3 is 2.61 bits per heavy atom. The van der Waals surface area contributed by atoms with Gasteiger partial charge in [0.05, 0.1) is 11.9 Å². The molecule has 0 radical (unpaired) electrons. The molecule has 0 saturated carbocycles. The summed E-state index contributed by atoms with van der Waals surface area (Å²) >= 11 is 0. The second kappa shape index (κ2) is 6.33. The van der Waals surface area contributed by atoms with Crippen LogP contribution in [0.3, 0.4) is 0 Å². The van der Waals surface area contributed by atoms with Gasteiger partial charge in [-0.25, -0.2) is 8.42 Å². The van der Waals surface area contributed by atoms with Crippen LogP contribution in [-0.2, 0) is 16.9 Å². The van der Waals surface area contributed by atoms with Gasteiger partial charge in [0.25, 0.3) is 0 Å². The van der Waals surface area contributed by atoms with E-state index >= 15 is 0 Å². The third kappa shape index (κ3) is 4.42. The molecular weight excluding hydrogens is 250 g/mol. The molecule has 1 N–H and O–H groups in total. The highest BCUT2D eigenvalue weighted by Crippen LogP contribution is 2.20. The average molecular weight is 273 g/mol. The summed E-state index contributed by atoms with van der Waals surface area (Å²) < 4.78 is 24.4. The summed E-state index contributed by atoms with van der Waals surface area (Å²) in [6, 6.07) is 0.0633. The van der Waals surface area contributed by atoms with Crippen LogP contribution in [0.4, 0.5) is 0 Å². The number of sulfone groups is 1. The number of nitrogens with zero attached hydrogens (tertiary/aromatic N) is 2. The quantitative estimate of drug-likeness (QED) is 0.811.